The van der Waals surface area contributed by atoms with Gasteiger partial charge < -0.3 is 5.32 Å². The summed E-state index contributed by atoms with van der Waals surface area (Å²) in [6.45, 7) is 3.69. The van der Waals surface area contributed by atoms with Crippen molar-refractivity contribution in [2.24, 2.45) is 0 Å². The number of amides is 1. The smallest absolute Gasteiger partial charge is 0.254 e. The number of carbonyl (C=O) groups excluding carboxylic acids is 1. The van der Waals surface area contributed by atoms with Crippen molar-refractivity contribution in [1.82, 2.24) is 9.55 Å². The van der Waals surface area contributed by atoms with Crippen molar-refractivity contribution >= 4 is 23.4 Å². The number of nitrogens with one attached hydrogen (secondary N) is 1. The van der Waals surface area contributed by atoms with Crippen LogP contribution in [0.4, 0.5) is 5.69 Å². The zero-order chi connectivity index (χ0) is 19.9. The van der Waals surface area contributed by atoms with Gasteiger partial charge in [-0.25, -0.2) is 4.98 Å². The summed E-state index contributed by atoms with van der Waals surface area (Å²) in [5.74, 6) is 0.530. The molecule has 0 radical (unpaired) electrons. The monoisotopic (exact) mass is 393 g/mol. The van der Waals surface area contributed by atoms with Gasteiger partial charge in [-0.15, -0.1) is 0 Å². The van der Waals surface area contributed by atoms with Crippen molar-refractivity contribution < 1.29 is 4.79 Å². The molecular weight excluding hydrogens is 370 g/mol. The Kier molecular flexibility index (Phi) is 6.66. The number of aromatic nitrogens is 2. The average molecular weight is 394 g/mol. The molecule has 0 saturated carbocycles. The third kappa shape index (κ3) is 5.57. The molecule has 3 aromatic rings. The lowest BCUT2D eigenvalue weighted by atomic mass is 10.2. The fraction of sp³-hybridized carbons (Fsp3) is 0.227. The highest BCUT2D eigenvalue weighted by Gasteiger charge is 2.12. The van der Waals surface area contributed by atoms with E-state index >= 15 is 0 Å². The molecule has 0 spiro atoms. The zero-order valence-corrected chi connectivity index (χ0v) is 16.8. The zero-order valence-electron chi connectivity index (χ0n) is 16.0. The summed E-state index contributed by atoms with van der Waals surface area (Å²) in [4.78, 5) is 29.4. The molecule has 144 valence electrons. The Morgan fingerprint density at radius 3 is 2.61 bits per heavy atom. The minimum absolute atomic E-state index is 0.0618. The minimum atomic E-state index is -0.247. The lowest BCUT2D eigenvalue weighted by Crippen LogP contribution is -2.29. The van der Waals surface area contributed by atoms with Gasteiger partial charge in [0.15, 0.2) is 5.16 Å². The number of aryl methyl sites for hydroxylation is 3. The van der Waals surface area contributed by atoms with Crippen LogP contribution in [-0.4, -0.2) is 21.2 Å². The van der Waals surface area contributed by atoms with Gasteiger partial charge in [0.1, 0.15) is 6.54 Å². The molecule has 0 aliphatic carbocycles. The number of thioether (sulfide) groups is 1. The van der Waals surface area contributed by atoms with Crippen LogP contribution >= 0.6 is 11.8 Å². The largest absolute Gasteiger partial charge is 0.325 e. The summed E-state index contributed by atoms with van der Waals surface area (Å²) >= 11 is 1.49. The van der Waals surface area contributed by atoms with Gasteiger partial charge >= 0.3 is 0 Å². The molecule has 6 heteroatoms. The number of anilines is 1. The van der Waals surface area contributed by atoms with Gasteiger partial charge in [0.05, 0.1) is 0 Å². The standard InChI is InChI=1S/C22H23N3O2S/c1-16-7-6-10-19(13-16)24-20(26)15-25-21(27)14-17(2)23-22(25)28-12-11-18-8-4-3-5-9-18/h3-10,13-14H,11-12,15H2,1-2H3,(H,24,26). The van der Waals surface area contributed by atoms with E-state index < -0.39 is 0 Å². The van der Waals surface area contributed by atoms with Crippen LogP contribution in [0.2, 0.25) is 0 Å². The number of rotatable bonds is 7. The van der Waals surface area contributed by atoms with Crippen LogP contribution in [0.15, 0.2) is 70.6 Å². The van der Waals surface area contributed by atoms with Gasteiger partial charge in [-0.1, -0.05) is 54.2 Å². The van der Waals surface area contributed by atoms with Crippen LogP contribution in [0.3, 0.4) is 0 Å². The van der Waals surface area contributed by atoms with E-state index in [-0.39, 0.29) is 18.0 Å². The quantitative estimate of drug-likeness (QED) is 0.489. The van der Waals surface area contributed by atoms with E-state index in [0.717, 1.165) is 23.4 Å². The molecule has 0 bridgehead atoms. The fourth-order valence-electron chi connectivity index (χ4n) is 2.82. The van der Waals surface area contributed by atoms with Gasteiger partial charge in [-0.3, -0.25) is 14.2 Å². The predicted molar refractivity (Wildman–Crippen MR) is 114 cm³/mol. The second-order valence-electron chi connectivity index (χ2n) is 6.61. The number of hydrogen-bond donors (Lipinski definition) is 1. The molecule has 28 heavy (non-hydrogen) atoms. The van der Waals surface area contributed by atoms with Crippen molar-refractivity contribution in [2.45, 2.75) is 32.0 Å². The van der Waals surface area contributed by atoms with Crippen LogP contribution in [0, 0.1) is 13.8 Å². The maximum atomic E-state index is 12.5. The average Bonchev–Trinajstić information content (AvgIpc) is 2.65. The number of nitrogens with zero attached hydrogens (tertiary/aromatic N) is 2. The first-order valence-corrected chi connectivity index (χ1v) is 10.1. The molecule has 0 saturated heterocycles. The van der Waals surface area contributed by atoms with Crippen molar-refractivity contribution in [2.75, 3.05) is 11.1 Å². The second kappa shape index (κ2) is 9.37. The molecular formula is C22H23N3O2S. The topological polar surface area (TPSA) is 64.0 Å². The molecule has 1 heterocycles. The lowest BCUT2D eigenvalue weighted by molar-refractivity contribution is -0.116. The Morgan fingerprint density at radius 1 is 1.07 bits per heavy atom. The SMILES string of the molecule is Cc1cccc(NC(=O)Cn2c(SCCc3ccccc3)nc(C)cc2=O)c1. The van der Waals surface area contributed by atoms with Crippen LogP contribution in [0.5, 0.6) is 0 Å². The molecule has 0 atom stereocenters. The normalized spacial score (nSPS) is 10.6. The molecule has 3 rings (SSSR count). The molecule has 0 aliphatic rings. The first kappa shape index (κ1) is 19.9. The number of benzene rings is 2. The van der Waals surface area contributed by atoms with Crippen LogP contribution in [0.1, 0.15) is 16.8 Å². The van der Waals surface area contributed by atoms with E-state index in [4.69, 9.17) is 0 Å². The highest BCUT2D eigenvalue weighted by atomic mass is 32.2. The van der Waals surface area contributed by atoms with Gasteiger partial charge in [0, 0.05) is 23.2 Å². The minimum Gasteiger partial charge on any atom is -0.325 e. The van der Waals surface area contributed by atoms with Crippen molar-refractivity contribution in [3.8, 4) is 0 Å². The van der Waals surface area contributed by atoms with Crippen molar-refractivity contribution in [3.63, 3.8) is 0 Å². The fourth-order valence-corrected chi connectivity index (χ4v) is 3.86. The summed E-state index contributed by atoms with van der Waals surface area (Å²) < 4.78 is 1.44. The third-order valence-corrected chi connectivity index (χ3v) is 5.15. The molecule has 1 amide bonds. The second-order valence-corrected chi connectivity index (χ2v) is 7.67. The molecule has 5 nitrogen and oxygen atoms in total. The molecule has 1 N–H and O–H groups in total. The van der Waals surface area contributed by atoms with Crippen LogP contribution in [-0.2, 0) is 17.8 Å². The Balaban J connectivity index is 1.70. The third-order valence-electron chi connectivity index (χ3n) is 4.17. The van der Waals surface area contributed by atoms with E-state index in [9.17, 15) is 9.59 Å². The summed E-state index contributed by atoms with van der Waals surface area (Å²) in [5.41, 5.74) is 3.45. The Hall–Kier alpha value is -2.86. The highest BCUT2D eigenvalue weighted by molar-refractivity contribution is 7.99. The lowest BCUT2D eigenvalue weighted by Gasteiger charge is -2.12. The maximum Gasteiger partial charge on any atom is 0.254 e. The Bertz CT molecular complexity index is 1020. The first-order valence-electron chi connectivity index (χ1n) is 9.13. The van der Waals surface area contributed by atoms with E-state index in [1.165, 1.54) is 28.0 Å². The summed E-state index contributed by atoms with van der Waals surface area (Å²) in [5, 5.41) is 3.42. The van der Waals surface area contributed by atoms with Crippen LogP contribution in [0.25, 0.3) is 0 Å². The van der Waals surface area contributed by atoms with E-state index in [0.29, 0.717) is 10.9 Å². The van der Waals surface area contributed by atoms with Crippen molar-refractivity contribution in [3.05, 3.63) is 87.8 Å². The molecule has 1 aromatic heterocycles. The Labute approximate surface area is 168 Å². The van der Waals surface area contributed by atoms with Gasteiger partial charge in [0.2, 0.25) is 5.91 Å². The predicted octanol–water partition coefficient (Wildman–Crippen LogP) is 3.83. The highest BCUT2D eigenvalue weighted by Crippen LogP contribution is 2.17. The number of carbonyl (C=O) groups is 1. The molecule has 0 aliphatic heterocycles. The summed E-state index contributed by atoms with van der Waals surface area (Å²) in [6.07, 6.45) is 0.866. The van der Waals surface area contributed by atoms with Crippen LogP contribution < -0.4 is 10.9 Å². The van der Waals surface area contributed by atoms with Crippen molar-refractivity contribution in [1.29, 1.82) is 0 Å². The van der Waals surface area contributed by atoms with E-state index in [1.54, 1.807) is 6.92 Å². The van der Waals surface area contributed by atoms with Gasteiger partial charge in [-0.05, 0) is 43.5 Å². The molecule has 0 unspecified atom stereocenters. The van der Waals surface area contributed by atoms with E-state index in [2.05, 4.69) is 22.4 Å². The molecule has 0 fully saturated rings. The van der Waals surface area contributed by atoms with Gasteiger partial charge in [-0.2, -0.15) is 0 Å². The summed E-state index contributed by atoms with van der Waals surface area (Å²) in [7, 11) is 0. The van der Waals surface area contributed by atoms with E-state index in [1.807, 2.05) is 49.4 Å². The Morgan fingerprint density at radius 2 is 1.86 bits per heavy atom. The molecule has 2 aromatic carbocycles. The number of hydrogen-bond acceptors (Lipinski definition) is 4. The van der Waals surface area contributed by atoms with Gasteiger partial charge in [0.25, 0.3) is 5.56 Å². The summed E-state index contributed by atoms with van der Waals surface area (Å²) in [6, 6.07) is 19.2. The maximum absolute atomic E-state index is 12.5. The first-order chi connectivity index (χ1) is 13.5.